The number of nitrogens with zero attached hydrogens (tertiary/aromatic N) is 2. The number of hydrogen-bond acceptors (Lipinski definition) is 6. The number of methoxy groups -OCH3 is 1. The number of hydrogen-bond donors (Lipinski definition) is 1. The molecule has 0 radical (unpaired) electrons. The average molecular weight is 465 g/mol. The number of amides is 2. The molecule has 5 rings (SSSR count). The number of halogens is 1. The van der Waals surface area contributed by atoms with Crippen molar-refractivity contribution in [2.45, 2.75) is 19.1 Å². The molecule has 3 aromatic rings. The van der Waals surface area contributed by atoms with Crippen molar-refractivity contribution < 1.29 is 24.3 Å². The van der Waals surface area contributed by atoms with Crippen LogP contribution in [0, 0.1) is 12.8 Å². The van der Waals surface area contributed by atoms with Crippen LogP contribution in [0.15, 0.2) is 66.7 Å². The summed E-state index contributed by atoms with van der Waals surface area (Å²) in [5.74, 6) is -1.36. The van der Waals surface area contributed by atoms with Crippen LogP contribution in [0.4, 0.5) is 11.4 Å². The number of imide groups is 1. The van der Waals surface area contributed by atoms with Gasteiger partial charge < -0.3 is 9.84 Å². The van der Waals surface area contributed by atoms with Crippen molar-refractivity contribution >= 4 is 34.8 Å². The first kappa shape index (κ1) is 21.3. The van der Waals surface area contributed by atoms with E-state index in [4.69, 9.17) is 21.2 Å². The van der Waals surface area contributed by atoms with E-state index in [0.29, 0.717) is 27.5 Å². The van der Waals surface area contributed by atoms with Crippen molar-refractivity contribution in [1.82, 2.24) is 0 Å². The standard InChI is InChI=1S/C25H21ClN2O5/c1-14-17(26)9-6-10-18(14)27-24(30)21-22(15-11-12-19(29)20(13-15)32-2)28(33-23(21)25(27)31)16-7-4-3-5-8-16/h3-13,21-23,29H,1-2H3/t21-,22-,23-/m1/s1. The molecule has 2 saturated heterocycles. The lowest BCUT2D eigenvalue weighted by Gasteiger charge is -2.29. The largest absolute Gasteiger partial charge is 0.504 e. The van der Waals surface area contributed by atoms with Gasteiger partial charge in [-0.2, -0.15) is 0 Å². The van der Waals surface area contributed by atoms with Gasteiger partial charge in [-0.1, -0.05) is 41.9 Å². The summed E-state index contributed by atoms with van der Waals surface area (Å²) in [7, 11) is 1.45. The minimum atomic E-state index is -0.999. The Labute approximate surface area is 195 Å². The Morgan fingerprint density at radius 1 is 1.00 bits per heavy atom. The quantitative estimate of drug-likeness (QED) is 0.576. The van der Waals surface area contributed by atoms with Gasteiger partial charge in [-0.3, -0.25) is 14.4 Å². The first-order valence-corrected chi connectivity index (χ1v) is 10.8. The summed E-state index contributed by atoms with van der Waals surface area (Å²) >= 11 is 6.26. The molecule has 3 aromatic carbocycles. The van der Waals surface area contributed by atoms with Crippen LogP contribution >= 0.6 is 11.6 Å². The number of hydroxylamine groups is 1. The molecule has 0 bridgehead atoms. The van der Waals surface area contributed by atoms with E-state index in [1.807, 2.05) is 30.3 Å². The Morgan fingerprint density at radius 3 is 2.48 bits per heavy atom. The Kier molecular flexibility index (Phi) is 5.23. The fourth-order valence-electron chi connectivity index (χ4n) is 4.51. The molecule has 7 nitrogen and oxygen atoms in total. The van der Waals surface area contributed by atoms with Crippen molar-refractivity contribution in [2.75, 3.05) is 17.1 Å². The molecule has 33 heavy (non-hydrogen) atoms. The van der Waals surface area contributed by atoms with E-state index in [2.05, 4.69) is 0 Å². The van der Waals surface area contributed by atoms with Crippen molar-refractivity contribution in [3.8, 4) is 11.5 Å². The fraction of sp³-hybridized carbons (Fsp3) is 0.200. The lowest BCUT2D eigenvalue weighted by Crippen LogP contribution is -2.37. The SMILES string of the molecule is COc1cc([C@@H]2[C@H]3C(=O)N(c4cccc(Cl)c4C)C(=O)[C@@H]3ON2c2ccccc2)ccc1O. The molecule has 0 saturated carbocycles. The second kappa shape index (κ2) is 8.10. The molecule has 2 heterocycles. The molecule has 2 amide bonds. The molecule has 0 aliphatic carbocycles. The summed E-state index contributed by atoms with van der Waals surface area (Å²) in [6.45, 7) is 1.77. The van der Waals surface area contributed by atoms with Gasteiger partial charge >= 0.3 is 0 Å². The number of phenols is 1. The Balaban J connectivity index is 1.62. The maximum atomic E-state index is 13.7. The van der Waals surface area contributed by atoms with Gasteiger partial charge in [0.05, 0.1) is 24.5 Å². The molecule has 0 spiro atoms. The van der Waals surface area contributed by atoms with Crippen molar-refractivity contribution in [2.24, 2.45) is 5.92 Å². The molecule has 2 aliphatic heterocycles. The average Bonchev–Trinajstić information content (AvgIpc) is 3.33. The van der Waals surface area contributed by atoms with Crippen LogP contribution in [0.25, 0.3) is 0 Å². The van der Waals surface area contributed by atoms with E-state index in [9.17, 15) is 14.7 Å². The third kappa shape index (κ3) is 3.32. The highest BCUT2D eigenvalue weighted by atomic mass is 35.5. The van der Waals surface area contributed by atoms with E-state index in [-0.39, 0.29) is 17.4 Å². The predicted octanol–water partition coefficient (Wildman–Crippen LogP) is 4.41. The van der Waals surface area contributed by atoms with Gasteiger partial charge in [-0.25, -0.2) is 9.96 Å². The number of anilines is 2. The Morgan fingerprint density at radius 2 is 1.76 bits per heavy atom. The molecule has 8 heteroatoms. The molecule has 0 aromatic heterocycles. The van der Waals surface area contributed by atoms with E-state index < -0.39 is 24.0 Å². The van der Waals surface area contributed by atoms with Gasteiger partial charge in [-0.15, -0.1) is 0 Å². The van der Waals surface area contributed by atoms with Gasteiger partial charge in [0.1, 0.15) is 5.92 Å². The summed E-state index contributed by atoms with van der Waals surface area (Å²) in [6.07, 6.45) is -0.999. The molecule has 2 aliphatic rings. The number of para-hydroxylation sites is 1. The number of aromatic hydroxyl groups is 1. The maximum Gasteiger partial charge on any atom is 0.266 e. The normalized spacial score (nSPS) is 22.1. The zero-order valence-electron chi connectivity index (χ0n) is 17.9. The van der Waals surface area contributed by atoms with Crippen molar-refractivity contribution in [3.05, 3.63) is 82.9 Å². The number of carbonyl (C=O) groups excluding carboxylic acids is 2. The summed E-state index contributed by atoms with van der Waals surface area (Å²) in [6, 6.07) is 18.6. The van der Waals surface area contributed by atoms with Gasteiger partial charge in [0, 0.05) is 5.02 Å². The highest BCUT2D eigenvalue weighted by molar-refractivity contribution is 6.32. The van der Waals surface area contributed by atoms with E-state index >= 15 is 0 Å². The summed E-state index contributed by atoms with van der Waals surface area (Å²) in [5, 5.41) is 12.1. The molecular formula is C25H21ClN2O5. The van der Waals surface area contributed by atoms with Crippen LogP contribution in [0.2, 0.25) is 5.02 Å². The van der Waals surface area contributed by atoms with Gasteiger partial charge in [0.15, 0.2) is 17.6 Å². The van der Waals surface area contributed by atoms with Crippen molar-refractivity contribution in [1.29, 1.82) is 0 Å². The van der Waals surface area contributed by atoms with Crippen LogP contribution < -0.4 is 14.7 Å². The van der Waals surface area contributed by atoms with Crippen molar-refractivity contribution in [3.63, 3.8) is 0 Å². The molecule has 1 N–H and O–H groups in total. The second-order valence-corrected chi connectivity index (χ2v) is 8.39. The number of rotatable bonds is 4. The highest BCUT2D eigenvalue weighted by Gasteiger charge is 2.60. The van der Waals surface area contributed by atoms with Crippen LogP contribution in [0.5, 0.6) is 11.5 Å². The fourth-order valence-corrected chi connectivity index (χ4v) is 4.68. The molecular weight excluding hydrogens is 444 g/mol. The van der Waals surface area contributed by atoms with Gasteiger partial charge in [0.25, 0.3) is 5.91 Å². The third-order valence-electron chi connectivity index (χ3n) is 6.15. The number of ether oxygens (including phenoxy) is 1. The van der Waals surface area contributed by atoms with Crippen LogP contribution in [-0.4, -0.2) is 30.1 Å². The number of benzene rings is 3. The maximum absolute atomic E-state index is 13.7. The molecule has 168 valence electrons. The molecule has 3 atom stereocenters. The smallest absolute Gasteiger partial charge is 0.266 e. The Hall–Kier alpha value is -3.55. The van der Waals surface area contributed by atoms with E-state index in [1.165, 1.54) is 18.1 Å². The van der Waals surface area contributed by atoms with E-state index in [0.717, 1.165) is 0 Å². The van der Waals surface area contributed by atoms with E-state index in [1.54, 1.807) is 42.3 Å². The molecule has 2 fully saturated rings. The zero-order valence-corrected chi connectivity index (χ0v) is 18.7. The molecule has 0 unspecified atom stereocenters. The zero-order chi connectivity index (χ0) is 23.3. The summed E-state index contributed by atoms with van der Waals surface area (Å²) < 4.78 is 5.28. The topological polar surface area (TPSA) is 79.3 Å². The van der Waals surface area contributed by atoms with Crippen LogP contribution in [-0.2, 0) is 14.4 Å². The van der Waals surface area contributed by atoms with Crippen LogP contribution in [0.1, 0.15) is 17.2 Å². The summed E-state index contributed by atoms with van der Waals surface area (Å²) in [4.78, 5) is 34.5. The minimum Gasteiger partial charge on any atom is -0.504 e. The lowest BCUT2D eigenvalue weighted by atomic mass is 9.90. The van der Waals surface area contributed by atoms with Crippen LogP contribution in [0.3, 0.4) is 0 Å². The Bertz CT molecular complexity index is 1250. The monoisotopic (exact) mass is 464 g/mol. The third-order valence-corrected chi connectivity index (χ3v) is 6.56. The summed E-state index contributed by atoms with van der Waals surface area (Å²) in [5.41, 5.74) is 2.47. The first-order valence-electron chi connectivity index (χ1n) is 10.4. The minimum absolute atomic E-state index is 0.0204. The lowest BCUT2D eigenvalue weighted by molar-refractivity contribution is -0.126. The van der Waals surface area contributed by atoms with Gasteiger partial charge in [0.2, 0.25) is 5.91 Å². The second-order valence-electron chi connectivity index (χ2n) is 7.99. The van der Waals surface area contributed by atoms with Gasteiger partial charge in [-0.05, 0) is 54.4 Å². The number of fused-ring (bicyclic) bond motifs is 1. The predicted molar refractivity (Wildman–Crippen MR) is 123 cm³/mol. The first-order chi connectivity index (χ1) is 15.9. The highest BCUT2D eigenvalue weighted by Crippen LogP contribution is 2.49. The number of phenolic OH excluding ortho intramolecular Hbond substituents is 1. The number of carbonyl (C=O) groups is 2.